The van der Waals surface area contributed by atoms with Gasteiger partial charge in [-0.3, -0.25) is 0 Å². The fraction of sp³-hybridized carbons (Fsp3) is 0.417. The van der Waals surface area contributed by atoms with Crippen LogP contribution in [0.1, 0.15) is 13.8 Å². The van der Waals surface area contributed by atoms with Crippen molar-refractivity contribution in [2.75, 3.05) is 19.0 Å². The highest BCUT2D eigenvalue weighted by atomic mass is 35.5. The minimum atomic E-state index is 0.499. The highest BCUT2D eigenvalue weighted by Gasteiger charge is 2.09. The van der Waals surface area contributed by atoms with E-state index >= 15 is 0 Å². The zero-order valence-corrected chi connectivity index (χ0v) is 11.7. The standard InChI is InChI=1S/C12H15ClN2OS/c1-7(2)6-16-8-4-9(13)11-10(5-8)17-12(14-3)15-11/h4-5,7H,6H2,1-3H3,(H,14,15). The third kappa shape index (κ3) is 2.82. The number of halogens is 1. The molecule has 0 aliphatic heterocycles. The van der Waals surface area contributed by atoms with Crippen LogP contribution in [0.5, 0.6) is 5.75 Å². The Morgan fingerprint density at radius 3 is 2.88 bits per heavy atom. The number of anilines is 1. The molecule has 1 aromatic heterocycles. The van der Waals surface area contributed by atoms with Crippen LogP contribution in [0.2, 0.25) is 5.02 Å². The minimum Gasteiger partial charge on any atom is -0.493 e. The van der Waals surface area contributed by atoms with Crippen LogP contribution in [0, 0.1) is 5.92 Å². The van der Waals surface area contributed by atoms with Gasteiger partial charge >= 0.3 is 0 Å². The molecule has 0 aliphatic carbocycles. The molecule has 92 valence electrons. The Morgan fingerprint density at radius 2 is 2.24 bits per heavy atom. The highest BCUT2D eigenvalue weighted by molar-refractivity contribution is 7.22. The summed E-state index contributed by atoms with van der Waals surface area (Å²) in [6.07, 6.45) is 0. The molecule has 5 heteroatoms. The molecule has 2 aromatic rings. The van der Waals surface area contributed by atoms with E-state index in [1.807, 2.05) is 19.2 Å². The summed E-state index contributed by atoms with van der Waals surface area (Å²) < 4.78 is 6.72. The molecule has 0 spiro atoms. The van der Waals surface area contributed by atoms with E-state index in [4.69, 9.17) is 16.3 Å². The van der Waals surface area contributed by atoms with Crippen LogP contribution in [-0.2, 0) is 0 Å². The summed E-state index contributed by atoms with van der Waals surface area (Å²) in [5.41, 5.74) is 0.831. The number of fused-ring (bicyclic) bond motifs is 1. The van der Waals surface area contributed by atoms with Gasteiger partial charge in [0.25, 0.3) is 0 Å². The first-order chi connectivity index (χ1) is 8.10. The molecule has 0 aliphatic rings. The van der Waals surface area contributed by atoms with Gasteiger partial charge in [0, 0.05) is 13.1 Å². The Labute approximate surface area is 110 Å². The summed E-state index contributed by atoms with van der Waals surface area (Å²) in [6, 6.07) is 3.81. The van der Waals surface area contributed by atoms with Crippen molar-refractivity contribution in [1.29, 1.82) is 0 Å². The van der Waals surface area contributed by atoms with Crippen molar-refractivity contribution in [2.45, 2.75) is 13.8 Å². The summed E-state index contributed by atoms with van der Waals surface area (Å²) >= 11 is 7.76. The lowest BCUT2D eigenvalue weighted by molar-refractivity contribution is 0.271. The zero-order valence-electron chi connectivity index (χ0n) is 10.1. The topological polar surface area (TPSA) is 34.2 Å². The van der Waals surface area contributed by atoms with E-state index in [1.54, 1.807) is 11.3 Å². The van der Waals surface area contributed by atoms with E-state index in [0.29, 0.717) is 17.5 Å². The summed E-state index contributed by atoms with van der Waals surface area (Å²) in [7, 11) is 1.85. The normalized spacial score (nSPS) is 11.1. The SMILES string of the molecule is CNc1nc2c(Cl)cc(OCC(C)C)cc2s1. The molecule has 1 heterocycles. The van der Waals surface area contributed by atoms with Crippen molar-refractivity contribution in [3.05, 3.63) is 17.2 Å². The molecule has 0 radical (unpaired) electrons. The molecular weight excluding hydrogens is 256 g/mol. The molecule has 2 rings (SSSR count). The lowest BCUT2D eigenvalue weighted by atomic mass is 10.2. The van der Waals surface area contributed by atoms with E-state index in [-0.39, 0.29) is 0 Å². The lowest BCUT2D eigenvalue weighted by Crippen LogP contribution is -2.04. The third-order valence-electron chi connectivity index (χ3n) is 2.22. The second kappa shape index (κ2) is 5.10. The molecule has 0 unspecified atom stereocenters. The van der Waals surface area contributed by atoms with Gasteiger partial charge in [-0.05, 0) is 12.0 Å². The number of nitrogens with one attached hydrogen (secondary N) is 1. The fourth-order valence-electron chi connectivity index (χ4n) is 1.42. The smallest absolute Gasteiger partial charge is 0.183 e. The zero-order chi connectivity index (χ0) is 12.4. The number of thiazole rings is 1. The molecule has 1 aromatic carbocycles. The monoisotopic (exact) mass is 270 g/mol. The van der Waals surface area contributed by atoms with Crippen LogP contribution >= 0.6 is 22.9 Å². The molecule has 0 atom stereocenters. The van der Waals surface area contributed by atoms with E-state index < -0.39 is 0 Å². The van der Waals surface area contributed by atoms with Gasteiger partial charge in [-0.1, -0.05) is 36.8 Å². The van der Waals surface area contributed by atoms with Crippen molar-refractivity contribution < 1.29 is 4.74 Å². The van der Waals surface area contributed by atoms with Gasteiger partial charge in [0.2, 0.25) is 0 Å². The Hall–Kier alpha value is -1.000. The lowest BCUT2D eigenvalue weighted by Gasteiger charge is -2.08. The van der Waals surface area contributed by atoms with Crippen LogP contribution in [0.3, 0.4) is 0 Å². The van der Waals surface area contributed by atoms with E-state index in [2.05, 4.69) is 24.1 Å². The third-order valence-corrected chi connectivity index (χ3v) is 3.53. The van der Waals surface area contributed by atoms with Gasteiger partial charge in [0.05, 0.1) is 16.3 Å². The highest BCUT2D eigenvalue weighted by Crippen LogP contribution is 2.34. The van der Waals surface area contributed by atoms with E-state index in [9.17, 15) is 0 Å². The molecule has 17 heavy (non-hydrogen) atoms. The Kier molecular flexibility index (Phi) is 3.74. The van der Waals surface area contributed by atoms with E-state index in [1.165, 1.54) is 0 Å². The number of ether oxygens (including phenoxy) is 1. The van der Waals surface area contributed by atoms with Crippen LogP contribution in [0.15, 0.2) is 12.1 Å². The summed E-state index contributed by atoms with van der Waals surface area (Å²) in [5.74, 6) is 1.31. The van der Waals surface area contributed by atoms with Gasteiger partial charge in [0.15, 0.2) is 5.13 Å². The number of hydrogen-bond acceptors (Lipinski definition) is 4. The van der Waals surface area contributed by atoms with Gasteiger partial charge in [-0.2, -0.15) is 0 Å². The van der Waals surface area contributed by atoms with E-state index in [0.717, 1.165) is 21.1 Å². The molecule has 0 bridgehead atoms. The molecule has 3 nitrogen and oxygen atoms in total. The number of aromatic nitrogens is 1. The van der Waals surface area contributed by atoms with Crippen molar-refractivity contribution in [3.8, 4) is 5.75 Å². The largest absolute Gasteiger partial charge is 0.493 e. The maximum Gasteiger partial charge on any atom is 0.183 e. The first-order valence-corrected chi connectivity index (χ1v) is 6.70. The molecule has 0 fully saturated rings. The van der Waals surface area contributed by atoms with Crippen LogP contribution in [0.25, 0.3) is 10.2 Å². The molecule has 0 saturated carbocycles. The number of nitrogens with zero attached hydrogens (tertiary/aromatic N) is 1. The fourth-order valence-corrected chi connectivity index (χ4v) is 2.60. The minimum absolute atomic E-state index is 0.499. The van der Waals surface area contributed by atoms with Crippen molar-refractivity contribution in [2.24, 2.45) is 5.92 Å². The summed E-state index contributed by atoms with van der Waals surface area (Å²) in [4.78, 5) is 4.39. The predicted octanol–water partition coefficient (Wildman–Crippen LogP) is 4.03. The summed E-state index contributed by atoms with van der Waals surface area (Å²) in [5, 5.41) is 4.52. The van der Waals surface area contributed by atoms with Crippen LogP contribution in [-0.4, -0.2) is 18.6 Å². The second-order valence-corrected chi connectivity index (χ2v) is 5.66. The first-order valence-electron chi connectivity index (χ1n) is 5.50. The molecule has 0 amide bonds. The first kappa shape index (κ1) is 12.5. The van der Waals surface area contributed by atoms with Gasteiger partial charge in [-0.15, -0.1) is 0 Å². The average Bonchev–Trinajstić information content (AvgIpc) is 2.70. The predicted molar refractivity (Wildman–Crippen MR) is 74.5 cm³/mol. The quantitative estimate of drug-likeness (QED) is 0.911. The maximum atomic E-state index is 6.18. The summed E-state index contributed by atoms with van der Waals surface area (Å²) in [6.45, 7) is 4.93. The number of rotatable bonds is 4. The number of hydrogen-bond donors (Lipinski definition) is 1. The van der Waals surface area contributed by atoms with Gasteiger partial charge in [0.1, 0.15) is 11.3 Å². The van der Waals surface area contributed by atoms with Crippen molar-refractivity contribution in [1.82, 2.24) is 4.98 Å². The maximum absolute atomic E-state index is 6.18. The number of benzene rings is 1. The van der Waals surface area contributed by atoms with Crippen molar-refractivity contribution in [3.63, 3.8) is 0 Å². The Balaban J connectivity index is 2.33. The van der Waals surface area contributed by atoms with Gasteiger partial charge < -0.3 is 10.1 Å². The molecule has 0 saturated heterocycles. The molecular formula is C12H15ClN2OS. The second-order valence-electron chi connectivity index (χ2n) is 4.23. The Bertz CT molecular complexity index is 524. The van der Waals surface area contributed by atoms with Crippen LogP contribution in [0.4, 0.5) is 5.13 Å². The average molecular weight is 271 g/mol. The Morgan fingerprint density at radius 1 is 1.47 bits per heavy atom. The molecule has 1 N–H and O–H groups in total. The van der Waals surface area contributed by atoms with Gasteiger partial charge in [-0.25, -0.2) is 4.98 Å². The van der Waals surface area contributed by atoms with Crippen molar-refractivity contribution >= 4 is 38.3 Å². The van der Waals surface area contributed by atoms with Crippen LogP contribution < -0.4 is 10.1 Å².